The number of halogens is 5. The molecule has 132 valence electrons. The van der Waals surface area contributed by atoms with Crippen molar-refractivity contribution in [3.63, 3.8) is 0 Å². The van der Waals surface area contributed by atoms with Crippen LogP contribution in [0.15, 0.2) is 28.9 Å². The molecule has 0 radical (unpaired) electrons. The number of nitrogen functional groups attached to an aromatic ring is 1. The molecule has 0 unspecified atom stereocenters. The number of anilines is 2. The molecule has 2 rings (SSSR count). The lowest BCUT2D eigenvalue weighted by Gasteiger charge is -2.12. The van der Waals surface area contributed by atoms with Gasteiger partial charge < -0.3 is 11.1 Å². The lowest BCUT2D eigenvalue weighted by atomic mass is 10.1. The van der Waals surface area contributed by atoms with E-state index < -0.39 is 51.1 Å². The molecule has 25 heavy (non-hydrogen) atoms. The van der Waals surface area contributed by atoms with Crippen molar-refractivity contribution in [3.8, 4) is 0 Å². The Balaban J connectivity index is 2.41. The molecule has 0 bridgehead atoms. The van der Waals surface area contributed by atoms with Crippen molar-refractivity contribution in [1.29, 1.82) is 0 Å². The third kappa shape index (κ3) is 4.02. The number of hydrogen-bond acceptors (Lipinski definition) is 5. The maximum Gasteiger partial charge on any atom is 0.420 e. The Hall–Kier alpha value is -2.76. The molecule has 1 heterocycles. The molecule has 0 aliphatic rings. The second kappa shape index (κ2) is 6.63. The standard InChI is InChI=1S/C13H7BrF4N4O3/c14-8-3-10(22(24)25)6(2-9(8)15)12(23)21-5-1-7(13(16,17)18)11(19)20-4-5/h1-4H,(H2,19,20)(H,21,23). The number of nitro benzene ring substituents is 1. The first kappa shape index (κ1) is 18.6. The van der Waals surface area contributed by atoms with Gasteiger partial charge in [0.25, 0.3) is 11.6 Å². The molecule has 1 aromatic heterocycles. The van der Waals surface area contributed by atoms with Crippen molar-refractivity contribution in [1.82, 2.24) is 4.98 Å². The minimum Gasteiger partial charge on any atom is -0.383 e. The van der Waals surface area contributed by atoms with E-state index in [9.17, 15) is 32.5 Å². The minimum absolute atomic E-state index is 0.246. The molecule has 0 fully saturated rings. The normalized spacial score (nSPS) is 11.2. The van der Waals surface area contributed by atoms with Crippen molar-refractivity contribution in [2.75, 3.05) is 11.1 Å². The van der Waals surface area contributed by atoms with Gasteiger partial charge in [0.1, 0.15) is 17.2 Å². The number of hydrogen-bond donors (Lipinski definition) is 2. The number of nitrogens with two attached hydrogens (primary N) is 1. The van der Waals surface area contributed by atoms with E-state index in [1.165, 1.54) is 0 Å². The van der Waals surface area contributed by atoms with E-state index in [-0.39, 0.29) is 4.47 Å². The van der Waals surface area contributed by atoms with Crippen molar-refractivity contribution in [3.05, 3.63) is 55.9 Å². The Kier molecular flexibility index (Phi) is 4.92. The minimum atomic E-state index is -4.81. The van der Waals surface area contributed by atoms with Gasteiger partial charge in [-0.1, -0.05) is 0 Å². The molecule has 0 aliphatic heterocycles. The first-order valence-corrected chi connectivity index (χ1v) is 7.07. The average Bonchev–Trinajstić information content (AvgIpc) is 2.50. The second-order valence-corrected chi connectivity index (χ2v) is 5.50. The number of aromatic nitrogens is 1. The fraction of sp³-hybridized carbons (Fsp3) is 0.0769. The Labute approximate surface area is 145 Å². The first-order valence-electron chi connectivity index (χ1n) is 6.28. The number of alkyl halides is 3. The predicted molar refractivity (Wildman–Crippen MR) is 82.4 cm³/mol. The van der Waals surface area contributed by atoms with Gasteiger partial charge in [-0.3, -0.25) is 14.9 Å². The number of pyridine rings is 1. The van der Waals surface area contributed by atoms with E-state index in [2.05, 4.69) is 20.9 Å². The van der Waals surface area contributed by atoms with Gasteiger partial charge >= 0.3 is 6.18 Å². The number of carbonyl (C=O) groups excluding carboxylic acids is 1. The topological polar surface area (TPSA) is 111 Å². The number of nitrogens with one attached hydrogen (secondary N) is 1. The van der Waals surface area contributed by atoms with Crippen LogP contribution in [0.2, 0.25) is 0 Å². The summed E-state index contributed by atoms with van der Waals surface area (Å²) in [5.41, 5.74) is 2.03. The summed E-state index contributed by atoms with van der Waals surface area (Å²) in [5.74, 6) is -2.94. The van der Waals surface area contributed by atoms with Gasteiger partial charge in [-0.2, -0.15) is 13.2 Å². The Bertz CT molecular complexity index is 873. The van der Waals surface area contributed by atoms with Crippen molar-refractivity contribution < 1.29 is 27.3 Å². The van der Waals surface area contributed by atoms with Gasteiger partial charge in [0.15, 0.2) is 0 Å². The smallest absolute Gasteiger partial charge is 0.383 e. The molecule has 0 saturated heterocycles. The second-order valence-electron chi connectivity index (χ2n) is 4.65. The Morgan fingerprint density at radius 1 is 1.32 bits per heavy atom. The van der Waals surface area contributed by atoms with Crippen molar-refractivity contribution in [2.45, 2.75) is 6.18 Å². The van der Waals surface area contributed by atoms with Gasteiger partial charge in [-0.05, 0) is 28.1 Å². The highest BCUT2D eigenvalue weighted by Gasteiger charge is 2.34. The zero-order valence-corrected chi connectivity index (χ0v) is 13.5. The maximum absolute atomic E-state index is 13.6. The molecule has 1 aromatic carbocycles. The predicted octanol–water partition coefficient (Wildman–Crippen LogP) is 3.74. The van der Waals surface area contributed by atoms with Gasteiger partial charge in [-0.15, -0.1) is 0 Å². The van der Waals surface area contributed by atoms with Crippen LogP contribution in [0.5, 0.6) is 0 Å². The number of benzene rings is 1. The molecule has 12 heteroatoms. The number of carbonyl (C=O) groups is 1. The fourth-order valence-corrected chi connectivity index (χ4v) is 2.17. The highest BCUT2D eigenvalue weighted by atomic mass is 79.9. The lowest BCUT2D eigenvalue weighted by molar-refractivity contribution is -0.385. The van der Waals surface area contributed by atoms with Crippen LogP contribution in [0, 0.1) is 15.9 Å². The summed E-state index contributed by atoms with van der Waals surface area (Å²) in [6, 6.07) is 1.88. The maximum atomic E-state index is 13.6. The molecular formula is C13H7BrF4N4O3. The van der Waals surface area contributed by atoms with Crippen LogP contribution in [0.3, 0.4) is 0 Å². The molecule has 0 atom stereocenters. The fourth-order valence-electron chi connectivity index (χ4n) is 1.84. The summed E-state index contributed by atoms with van der Waals surface area (Å²) in [5, 5.41) is 13.0. The van der Waals surface area contributed by atoms with E-state index in [0.717, 1.165) is 12.3 Å². The Morgan fingerprint density at radius 2 is 1.96 bits per heavy atom. The number of nitrogens with zero attached hydrogens (tertiary/aromatic N) is 2. The van der Waals surface area contributed by atoms with Gasteiger partial charge in [0.2, 0.25) is 0 Å². The summed E-state index contributed by atoms with van der Waals surface area (Å²) in [4.78, 5) is 25.5. The molecular weight excluding hydrogens is 416 g/mol. The quantitative estimate of drug-likeness (QED) is 0.444. The van der Waals surface area contributed by atoms with Gasteiger partial charge in [-0.25, -0.2) is 9.37 Å². The largest absolute Gasteiger partial charge is 0.420 e. The van der Waals surface area contributed by atoms with Crippen LogP contribution in [0.4, 0.5) is 34.8 Å². The highest BCUT2D eigenvalue weighted by Crippen LogP contribution is 2.34. The zero-order valence-electron chi connectivity index (χ0n) is 11.9. The Morgan fingerprint density at radius 3 is 2.52 bits per heavy atom. The molecule has 0 aliphatic carbocycles. The molecule has 3 N–H and O–H groups in total. The zero-order chi connectivity index (χ0) is 18.9. The number of amides is 1. The average molecular weight is 423 g/mol. The van der Waals surface area contributed by atoms with E-state index in [0.29, 0.717) is 12.1 Å². The van der Waals surface area contributed by atoms with Crippen LogP contribution in [-0.2, 0) is 6.18 Å². The van der Waals surface area contributed by atoms with Crippen molar-refractivity contribution >= 4 is 39.0 Å². The van der Waals surface area contributed by atoms with Gasteiger partial charge in [0, 0.05) is 6.07 Å². The molecule has 1 amide bonds. The van der Waals surface area contributed by atoms with Gasteiger partial charge in [0.05, 0.1) is 26.8 Å². The van der Waals surface area contributed by atoms with Crippen LogP contribution in [-0.4, -0.2) is 15.8 Å². The summed E-state index contributed by atoms with van der Waals surface area (Å²) >= 11 is 2.74. The van der Waals surface area contributed by atoms with E-state index >= 15 is 0 Å². The van der Waals surface area contributed by atoms with Crippen LogP contribution >= 0.6 is 15.9 Å². The number of rotatable bonds is 3. The van der Waals surface area contributed by atoms with Crippen LogP contribution in [0.25, 0.3) is 0 Å². The summed E-state index contributed by atoms with van der Waals surface area (Å²) in [6.45, 7) is 0. The number of nitro groups is 1. The first-order chi connectivity index (χ1) is 11.5. The summed E-state index contributed by atoms with van der Waals surface area (Å²) in [7, 11) is 0. The third-order valence-electron chi connectivity index (χ3n) is 2.96. The third-order valence-corrected chi connectivity index (χ3v) is 3.57. The van der Waals surface area contributed by atoms with Crippen molar-refractivity contribution in [2.24, 2.45) is 0 Å². The molecule has 7 nitrogen and oxygen atoms in total. The van der Waals surface area contributed by atoms with E-state index in [1.807, 2.05) is 5.32 Å². The van der Waals surface area contributed by atoms with Crippen LogP contribution in [0.1, 0.15) is 15.9 Å². The van der Waals surface area contributed by atoms with E-state index in [1.54, 1.807) is 0 Å². The monoisotopic (exact) mass is 422 g/mol. The van der Waals surface area contributed by atoms with Crippen LogP contribution < -0.4 is 11.1 Å². The SMILES string of the molecule is Nc1ncc(NC(=O)c2cc(F)c(Br)cc2[N+](=O)[O-])cc1C(F)(F)F. The molecule has 0 spiro atoms. The summed E-state index contributed by atoms with van der Waals surface area (Å²) < 4.78 is 51.7. The summed E-state index contributed by atoms with van der Waals surface area (Å²) in [6.07, 6.45) is -3.98. The van der Waals surface area contributed by atoms with E-state index in [4.69, 9.17) is 5.73 Å². The molecule has 0 saturated carbocycles. The molecule has 2 aromatic rings. The highest BCUT2D eigenvalue weighted by molar-refractivity contribution is 9.10. The lowest BCUT2D eigenvalue weighted by Crippen LogP contribution is -2.16.